The lowest BCUT2D eigenvalue weighted by Crippen LogP contribution is -2.33. The number of alkyl halides is 2. The molecule has 97 heavy (non-hydrogen) atoms. The summed E-state index contributed by atoms with van der Waals surface area (Å²) < 4.78 is 51.9. The summed E-state index contributed by atoms with van der Waals surface area (Å²) >= 11 is 0. The van der Waals surface area contributed by atoms with Crippen molar-refractivity contribution in [3.05, 3.63) is 161 Å². The summed E-state index contributed by atoms with van der Waals surface area (Å²) in [5, 5.41) is 16.6. The molecule has 11 rings (SSSR count). The van der Waals surface area contributed by atoms with Crippen molar-refractivity contribution in [1.82, 2.24) is 14.7 Å². The van der Waals surface area contributed by atoms with Gasteiger partial charge in [-0.2, -0.15) is 0 Å². The molecule has 16 nitrogen and oxygen atoms in total. The molecule has 2 N–H and O–H groups in total. The second kappa shape index (κ2) is 40.1. The van der Waals surface area contributed by atoms with E-state index < -0.39 is 37.1 Å². The van der Waals surface area contributed by atoms with Crippen LogP contribution in [0, 0.1) is 53.3 Å². The number of benzene rings is 5. The zero-order chi connectivity index (χ0) is 68.7. The van der Waals surface area contributed by atoms with Crippen molar-refractivity contribution in [1.29, 1.82) is 0 Å². The Hall–Kier alpha value is -7.86. The Balaban J connectivity index is 0.000000185. The summed E-state index contributed by atoms with van der Waals surface area (Å²) in [6.07, 6.45) is 17.3. The summed E-state index contributed by atoms with van der Waals surface area (Å²) in [5.41, 5.74) is 4.62. The number of aliphatic hydroxyl groups excluding tert-OH is 1. The van der Waals surface area contributed by atoms with Gasteiger partial charge in [0, 0.05) is 65.6 Å². The number of aliphatic carboxylic acids is 1. The van der Waals surface area contributed by atoms with Gasteiger partial charge in [0.1, 0.15) is 57.0 Å². The number of ether oxygens (including phenoxy) is 5. The van der Waals surface area contributed by atoms with Crippen LogP contribution in [0.1, 0.15) is 137 Å². The maximum atomic E-state index is 13.2. The molecule has 9 atom stereocenters. The van der Waals surface area contributed by atoms with Crippen molar-refractivity contribution >= 4 is 35.6 Å². The highest BCUT2D eigenvalue weighted by molar-refractivity contribution is 5.85. The number of nitrogens with zero attached hydrogens (tertiary/aromatic N) is 3. The maximum absolute atomic E-state index is 13.2. The first-order chi connectivity index (χ1) is 47.3. The fourth-order valence-corrected chi connectivity index (χ4v) is 14.8. The molecule has 6 aliphatic rings. The van der Waals surface area contributed by atoms with Gasteiger partial charge in [-0.1, -0.05) is 143 Å². The second-order valence-corrected chi connectivity index (χ2v) is 27.0. The van der Waals surface area contributed by atoms with Crippen LogP contribution in [-0.4, -0.2) is 140 Å². The van der Waals surface area contributed by atoms with E-state index in [2.05, 4.69) is 6.92 Å². The Labute approximate surface area is 572 Å². The van der Waals surface area contributed by atoms with E-state index in [1.165, 1.54) is 77.0 Å². The molecule has 3 saturated carbocycles. The molecule has 0 aromatic heterocycles. The molecular weight excluding hydrogens is 1230 g/mol. The molecule has 3 unspecified atom stereocenters. The van der Waals surface area contributed by atoms with E-state index >= 15 is 0 Å². The van der Waals surface area contributed by atoms with Crippen LogP contribution >= 0.6 is 0 Å². The van der Waals surface area contributed by atoms with Crippen LogP contribution in [0.2, 0.25) is 0 Å². The summed E-state index contributed by atoms with van der Waals surface area (Å²) in [5.74, 6) is 2.33. The third kappa shape index (κ3) is 24.0. The fraction of sp³-hybridized carbons (Fsp3) is 0.544. The predicted molar refractivity (Wildman–Crippen MR) is 368 cm³/mol. The normalized spacial score (nSPS) is 20.8. The topological polar surface area (TPSA) is 199 Å². The number of carbonyl (C=O) groups excluding carboxylic acids is 5. The van der Waals surface area contributed by atoms with Crippen molar-refractivity contribution in [3.8, 4) is 17.2 Å². The first-order valence-electron chi connectivity index (χ1n) is 35.5. The van der Waals surface area contributed by atoms with Crippen molar-refractivity contribution in [2.24, 2.45) is 53.3 Å². The number of hydrogen-bond donors (Lipinski definition) is 2. The van der Waals surface area contributed by atoms with Gasteiger partial charge in [-0.3, -0.25) is 28.8 Å². The fourth-order valence-electron chi connectivity index (χ4n) is 14.8. The van der Waals surface area contributed by atoms with Gasteiger partial charge in [0.05, 0.1) is 24.4 Å². The van der Waals surface area contributed by atoms with Crippen LogP contribution in [0.5, 0.6) is 17.2 Å². The van der Waals surface area contributed by atoms with Crippen molar-refractivity contribution < 1.29 is 71.4 Å². The predicted octanol–water partition coefficient (Wildman–Crippen LogP) is 13.3. The number of hydrogen-bond acceptors (Lipinski definition) is 12. The lowest BCUT2D eigenvalue weighted by Gasteiger charge is -2.22. The van der Waals surface area contributed by atoms with E-state index in [9.17, 15) is 42.7 Å². The Kier molecular flexibility index (Phi) is 31.0. The van der Waals surface area contributed by atoms with Crippen LogP contribution in [0.4, 0.5) is 8.78 Å². The van der Waals surface area contributed by atoms with E-state index in [0.717, 1.165) is 86.4 Å². The minimum atomic E-state index is -0.947. The summed E-state index contributed by atoms with van der Waals surface area (Å²) in [6.45, 7) is 6.99. The number of carbonyl (C=O) groups is 6. The smallest absolute Gasteiger partial charge is 0.310 e. The lowest BCUT2D eigenvalue weighted by atomic mass is 9.82. The number of rotatable bonds is 28. The van der Waals surface area contributed by atoms with Gasteiger partial charge in [-0.25, -0.2) is 8.78 Å². The summed E-state index contributed by atoms with van der Waals surface area (Å²) in [4.78, 5) is 82.8. The van der Waals surface area contributed by atoms with Gasteiger partial charge >= 0.3 is 17.9 Å². The first kappa shape index (κ1) is 74.9. The van der Waals surface area contributed by atoms with Gasteiger partial charge in [-0.05, 0) is 164 Å². The highest BCUT2D eigenvalue weighted by Crippen LogP contribution is 2.39. The number of aliphatic hydroxyl groups is 1. The average molecular weight is 1340 g/mol. The number of fused-ring (bicyclic) bond motifs is 3. The number of likely N-dealkylation sites (tertiary alicyclic amines) is 3. The van der Waals surface area contributed by atoms with Crippen LogP contribution in [-0.2, 0) is 70.7 Å². The Morgan fingerprint density at radius 1 is 0.402 bits per heavy atom. The van der Waals surface area contributed by atoms with Crippen LogP contribution in [0.3, 0.4) is 0 Å². The van der Waals surface area contributed by atoms with Gasteiger partial charge in [-0.15, -0.1) is 0 Å². The molecule has 3 saturated heterocycles. The molecule has 3 aliphatic heterocycles. The van der Waals surface area contributed by atoms with E-state index in [4.69, 9.17) is 28.8 Å². The molecule has 0 bridgehead atoms. The zero-order valence-corrected chi connectivity index (χ0v) is 57.0. The molecule has 0 radical (unpaired) electrons. The summed E-state index contributed by atoms with van der Waals surface area (Å²) in [7, 11) is 1.00. The van der Waals surface area contributed by atoms with Crippen LogP contribution in [0.25, 0.3) is 0 Å². The van der Waals surface area contributed by atoms with Crippen LogP contribution in [0.15, 0.2) is 133 Å². The molecule has 0 spiro atoms. The van der Waals surface area contributed by atoms with E-state index in [-0.39, 0.29) is 75.4 Å². The van der Waals surface area contributed by atoms with Gasteiger partial charge in [0.25, 0.3) is 0 Å². The molecule has 5 aromatic rings. The van der Waals surface area contributed by atoms with Crippen LogP contribution < -0.4 is 14.2 Å². The van der Waals surface area contributed by atoms with E-state index in [1.807, 2.05) is 112 Å². The highest BCUT2D eigenvalue weighted by atomic mass is 18.2. The molecule has 3 aliphatic carbocycles. The second-order valence-electron chi connectivity index (χ2n) is 27.0. The Morgan fingerprint density at radius 2 is 0.680 bits per heavy atom. The molecular formula is C79H103F2N3O13. The SMILES string of the molecule is CCCOc1ccc(CC(CC(=O)N2C[C@H]3CCCC[C@H]3C2)C(=O)OCc2ccccc2)cc1.CO.O=C(O)C(CC(=O)N1C[C@H]2CCCC[C@H]2C1)Cc1ccc(OCC[18F])cc1.O=C(OCc1ccccc1)C(CC(=O)N1C[C@H]2CCCC[C@H]2C1)Cc1ccc(OCC[18F])cc1. The van der Waals surface area contributed by atoms with E-state index in [1.54, 1.807) is 36.4 Å². The maximum Gasteiger partial charge on any atom is 0.310 e. The van der Waals surface area contributed by atoms with Gasteiger partial charge in [0.2, 0.25) is 17.7 Å². The Morgan fingerprint density at radius 3 is 0.959 bits per heavy atom. The molecule has 18 heteroatoms. The first-order valence-corrected chi connectivity index (χ1v) is 35.5. The number of amides is 3. The molecule has 5 aromatic carbocycles. The molecule has 3 heterocycles. The number of carboxylic acids is 1. The van der Waals surface area contributed by atoms with Gasteiger partial charge < -0.3 is 48.6 Å². The zero-order valence-electron chi connectivity index (χ0n) is 57.0. The lowest BCUT2D eigenvalue weighted by molar-refractivity contribution is -0.153. The average Bonchev–Trinajstić information content (AvgIpc) is 1.73. The number of halogens is 2. The third-order valence-electron chi connectivity index (χ3n) is 20.1. The third-order valence-corrected chi connectivity index (χ3v) is 20.1. The van der Waals surface area contributed by atoms with E-state index in [0.29, 0.717) is 72.9 Å². The quantitative estimate of drug-likeness (QED) is 0.0449. The largest absolute Gasteiger partial charge is 0.494 e. The highest BCUT2D eigenvalue weighted by Gasteiger charge is 2.41. The minimum Gasteiger partial charge on any atom is -0.494 e. The van der Waals surface area contributed by atoms with Gasteiger partial charge in [0.15, 0.2) is 0 Å². The molecule has 3 amide bonds. The molecule has 6 fully saturated rings. The Bertz CT molecular complexity index is 2980. The number of carboxylic acid groups (broad SMARTS) is 1. The molecule has 526 valence electrons. The number of esters is 2. The summed E-state index contributed by atoms with van der Waals surface area (Å²) in [6, 6.07) is 41.3. The standard InChI is InChI=1S/C29H37NO4.C28H34FNO4.C21H28FNO4.CH4O/c1-2-16-33-27-14-12-22(13-15-27)17-26(29(32)34-21-23-8-4-3-5-9-23)18-28(31)30-19-24-10-6-7-11-25(24)20-30;29-14-15-33-26-12-10-21(11-13-26)16-25(28(32)34-20-22-6-2-1-3-7-22)17-27(31)30-18-23-8-4-5-9-24(23)19-30;22-9-10-27-19-7-5-15(6-8-19)11-18(21(25)26)12-20(24)23-13-16-3-1-2-4-17(16)14-23;1-2/h3-5,8-9,12-15,24-26H,2,6-7,10-11,16-21H2,1H3;1-3,6-7,10-13,23-25H,4-5,8-9,14-20H2;5-8,16-18H,1-4,9-14H2,(H,25,26);2H,1H3/t24-,25+,26?;23-,24+,25?;16-,17+,18?;/i;29-1;22-1;. The minimum absolute atomic E-state index is 0.00340. The monoisotopic (exact) mass is 1340 g/mol. The van der Waals surface area contributed by atoms with Crippen molar-refractivity contribution in [2.45, 2.75) is 142 Å². The van der Waals surface area contributed by atoms with Crippen molar-refractivity contribution in [2.75, 3.05) is 79.5 Å². The van der Waals surface area contributed by atoms with Crippen molar-refractivity contribution in [3.63, 3.8) is 0 Å².